The number of imidazole rings is 1. The Morgan fingerprint density at radius 1 is 1.10 bits per heavy atom. The number of aromatic nitrogens is 2. The molecule has 0 fully saturated rings. The molecule has 0 aliphatic heterocycles. The number of carbonyl (C=O) groups excluding carboxylic acids is 1. The molecule has 1 heterocycles. The molecule has 166 valence electrons. The molecule has 3 rings (SSSR count). The zero-order chi connectivity index (χ0) is 22.1. The van der Waals surface area contributed by atoms with Crippen LogP contribution in [0.25, 0.3) is 11.0 Å². The van der Waals surface area contributed by atoms with Gasteiger partial charge in [0.1, 0.15) is 11.6 Å². The maximum atomic E-state index is 12.3. The zero-order valence-electron chi connectivity index (χ0n) is 19.1. The molecule has 5 nitrogen and oxygen atoms in total. The molecule has 0 unspecified atom stereocenters. The Balaban J connectivity index is 1.55. The summed E-state index contributed by atoms with van der Waals surface area (Å²) in [5, 5.41) is 3.09. The smallest absolute Gasteiger partial charge is 0.223 e. The van der Waals surface area contributed by atoms with Crippen molar-refractivity contribution in [3.8, 4) is 5.75 Å². The summed E-state index contributed by atoms with van der Waals surface area (Å²) in [6.07, 6.45) is 4.49. The van der Waals surface area contributed by atoms with Crippen LogP contribution < -0.4 is 10.1 Å². The van der Waals surface area contributed by atoms with E-state index in [0.29, 0.717) is 13.2 Å². The number of unbranched alkanes of at least 4 members (excludes halogenated alkanes) is 1. The Kier molecular flexibility index (Phi) is 8.51. The SMILES string of the molecule is CCC(CC)C(=O)NCCc1nc2ccccc2n1CCCCOc1cccc(C)c1. The predicted octanol–water partition coefficient (Wildman–Crippen LogP) is 5.30. The molecule has 0 bridgehead atoms. The van der Waals surface area contributed by atoms with Crippen LogP contribution in [0.3, 0.4) is 0 Å². The van der Waals surface area contributed by atoms with Gasteiger partial charge in [0, 0.05) is 25.4 Å². The van der Waals surface area contributed by atoms with Gasteiger partial charge in [0.25, 0.3) is 0 Å². The Morgan fingerprint density at radius 3 is 2.68 bits per heavy atom. The van der Waals surface area contributed by atoms with Crippen LogP contribution in [0.15, 0.2) is 48.5 Å². The van der Waals surface area contributed by atoms with Gasteiger partial charge in [-0.25, -0.2) is 4.98 Å². The van der Waals surface area contributed by atoms with Gasteiger partial charge in [-0.3, -0.25) is 4.79 Å². The number of hydrogen-bond acceptors (Lipinski definition) is 3. The second-order valence-corrected chi connectivity index (χ2v) is 8.09. The number of nitrogens with one attached hydrogen (secondary N) is 1. The van der Waals surface area contributed by atoms with Crippen LogP contribution in [0.2, 0.25) is 0 Å². The van der Waals surface area contributed by atoms with E-state index in [1.54, 1.807) is 0 Å². The topological polar surface area (TPSA) is 56.2 Å². The summed E-state index contributed by atoms with van der Waals surface area (Å²) in [7, 11) is 0. The monoisotopic (exact) mass is 421 g/mol. The molecule has 0 saturated carbocycles. The average molecular weight is 422 g/mol. The number of rotatable bonds is 12. The minimum Gasteiger partial charge on any atom is -0.494 e. The number of para-hydroxylation sites is 2. The van der Waals surface area contributed by atoms with E-state index in [1.807, 2.05) is 18.2 Å². The highest BCUT2D eigenvalue weighted by Crippen LogP contribution is 2.18. The third-order valence-corrected chi connectivity index (χ3v) is 5.77. The van der Waals surface area contributed by atoms with Gasteiger partial charge in [-0.2, -0.15) is 0 Å². The molecule has 0 aliphatic rings. The van der Waals surface area contributed by atoms with Crippen LogP contribution in [0.1, 0.15) is 50.9 Å². The normalized spacial score (nSPS) is 11.2. The van der Waals surface area contributed by atoms with E-state index >= 15 is 0 Å². The van der Waals surface area contributed by atoms with Crippen LogP contribution in [0.5, 0.6) is 5.75 Å². The lowest BCUT2D eigenvalue weighted by molar-refractivity contribution is -0.125. The van der Waals surface area contributed by atoms with E-state index in [4.69, 9.17) is 9.72 Å². The number of nitrogens with zero attached hydrogens (tertiary/aromatic N) is 2. The second-order valence-electron chi connectivity index (χ2n) is 8.09. The van der Waals surface area contributed by atoms with Gasteiger partial charge in [0.2, 0.25) is 5.91 Å². The molecule has 0 atom stereocenters. The highest BCUT2D eigenvalue weighted by atomic mass is 16.5. The Morgan fingerprint density at radius 2 is 1.90 bits per heavy atom. The van der Waals surface area contributed by atoms with Crippen molar-refractivity contribution in [2.45, 2.75) is 59.4 Å². The van der Waals surface area contributed by atoms with Crippen molar-refractivity contribution >= 4 is 16.9 Å². The lowest BCUT2D eigenvalue weighted by Gasteiger charge is -2.13. The molecule has 0 spiro atoms. The quantitative estimate of drug-likeness (QED) is 0.404. The fourth-order valence-electron chi connectivity index (χ4n) is 3.93. The maximum Gasteiger partial charge on any atom is 0.223 e. The maximum absolute atomic E-state index is 12.3. The molecule has 1 amide bonds. The first-order valence-corrected chi connectivity index (χ1v) is 11.5. The predicted molar refractivity (Wildman–Crippen MR) is 126 cm³/mol. The number of carbonyl (C=O) groups is 1. The fraction of sp³-hybridized carbons (Fsp3) is 0.462. The number of hydrogen-bond donors (Lipinski definition) is 1. The van der Waals surface area contributed by atoms with E-state index in [-0.39, 0.29) is 11.8 Å². The van der Waals surface area contributed by atoms with Crippen LogP contribution in [-0.2, 0) is 17.8 Å². The van der Waals surface area contributed by atoms with E-state index in [2.05, 4.69) is 61.0 Å². The molecule has 0 aliphatic carbocycles. The summed E-state index contributed by atoms with van der Waals surface area (Å²) in [4.78, 5) is 17.1. The molecule has 2 aromatic carbocycles. The summed E-state index contributed by atoms with van der Waals surface area (Å²) in [5.74, 6) is 2.22. The third kappa shape index (κ3) is 6.33. The lowest BCUT2D eigenvalue weighted by atomic mass is 10.0. The number of benzene rings is 2. The first-order valence-electron chi connectivity index (χ1n) is 11.5. The summed E-state index contributed by atoms with van der Waals surface area (Å²) < 4.78 is 8.18. The first-order chi connectivity index (χ1) is 15.1. The van der Waals surface area contributed by atoms with Gasteiger partial charge in [-0.05, 0) is 62.4 Å². The molecule has 3 aromatic rings. The minimum atomic E-state index is 0.104. The van der Waals surface area contributed by atoms with E-state index < -0.39 is 0 Å². The van der Waals surface area contributed by atoms with Gasteiger partial charge >= 0.3 is 0 Å². The lowest BCUT2D eigenvalue weighted by Crippen LogP contribution is -2.32. The number of ether oxygens (including phenoxy) is 1. The van der Waals surface area contributed by atoms with Gasteiger partial charge in [0.05, 0.1) is 17.6 Å². The van der Waals surface area contributed by atoms with Crippen LogP contribution in [0.4, 0.5) is 0 Å². The third-order valence-electron chi connectivity index (χ3n) is 5.77. The standard InChI is InChI=1S/C26H35N3O2/c1-4-21(5-2)26(30)27-16-15-25-28-23-13-6-7-14-24(23)29(25)17-8-9-18-31-22-12-10-11-20(3)19-22/h6-7,10-14,19,21H,4-5,8-9,15-18H2,1-3H3,(H,27,30). The number of aryl methyl sites for hydroxylation is 2. The second kappa shape index (κ2) is 11.5. The first kappa shape index (κ1) is 22.9. The summed E-state index contributed by atoms with van der Waals surface area (Å²) in [5.41, 5.74) is 3.38. The molecular weight excluding hydrogens is 386 g/mol. The summed E-state index contributed by atoms with van der Waals surface area (Å²) in [6, 6.07) is 16.4. The van der Waals surface area contributed by atoms with Crippen LogP contribution in [0, 0.1) is 12.8 Å². The van der Waals surface area contributed by atoms with Crippen molar-refractivity contribution < 1.29 is 9.53 Å². The largest absolute Gasteiger partial charge is 0.494 e. The molecule has 1 aromatic heterocycles. The van der Waals surface area contributed by atoms with Gasteiger partial charge in [-0.1, -0.05) is 38.1 Å². The van der Waals surface area contributed by atoms with Crippen molar-refractivity contribution in [3.05, 3.63) is 59.9 Å². The van der Waals surface area contributed by atoms with Crippen molar-refractivity contribution in [1.82, 2.24) is 14.9 Å². The highest BCUT2D eigenvalue weighted by molar-refractivity contribution is 5.78. The molecule has 0 radical (unpaired) electrons. The van der Waals surface area contributed by atoms with Crippen molar-refractivity contribution in [2.75, 3.05) is 13.2 Å². The van der Waals surface area contributed by atoms with E-state index in [1.165, 1.54) is 5.56 Å². The van der Waals surface area contributed by atoms with Crippen LogP contribution in [-0.4, -0.2) is 28.6 Å². The average Bonchev–Trinajstić information content (AvgIpc) is 3.12. The highest BCUT2D eigenvalue weighted by Gasteiger charge is 2.15. The van der Waals surface area contributed by atoms with Crippen molar-refractivity contribution in [3.63, 3.8) is 0 Å². The van der Waals surface area contributed by atoms with E-state index in [9.17, 15) is 4.79 Å². The van der Waals surface area contributed by atoms with Gasteiger partial charge in [-0.15, -0.1) is 0 Å². The molecule has 31 heavy (non-hydrogen) atoms. The Hall–Kier alpha value is -2.82. The summed E-state index contributed by atoms with van der Waals surface area (Å²) in [6.45, 7) is 8.43. The van der Waals surface area contributed by atoms with Crippen molar-refractivity contribution in [2.24, 2.45) is 5.92 Å². The summed E-state index contributed by atoms with van der Waals surface area (Å²) >= 11 is 0. The fourth-order valence-corrected chi connectivity index (χ4v) is 3.93. The minimum absolute atomic E-state index is 0.104. The van der Waals surface area contributed by atoms with Gasteiger partial charge < -0.3 is 14.6 Å². The van der Waals surface area contributed by atoms with Crippen molar-refractivity contribution in [1.29, 1.82) is 0 Å². The molecule has 5 heteroatoms. The molecule has 0 saturated heterocycles. The number of fused-ring (bicyclic) bond motifs is 1. The van der Waals surface area contributed by atoms with E-state index in [0.717, 1.165) is 61.3 Å². The zero-order valence-corrected chi connectivity index (χ0v) is 19.1. The molecular formula is C26H35N3O2. The Bertz CT molecular complexity index is 976. The number of amides is 1. The van der Waals surface area contributed by atoms with Crippen LogP contribution >= 0.6 is 0 Å². The van der Waals surface area contributed by atoms with Gasteiger partial charge in [0.15, 0.2) is 0 Å². The Labute approximate surface area is 185 Å². The molecule has 1 N–H and O–H groups in total.